The standard InChI is InChI=1S/C35H35ClFN13O6/c36-29-16-25(37)1-2-28(29)33-32(31(52)19-51)30(43-34(44-33)23-3-5-40-6-4-23)21-56-20-27-18-50(49-46-27)8-10-55-12-11-54-9-7-41-35(53)24-13-22(17-42-47-38)14-26(15-24)45-48-39/h1-6,13-16,18,33,51H,7-12,17,19-21H2,(H,41,53)(H,43,44). The van der Waals surface area contributed by atoms with Gasteiger partial charge in [0.1, 0.15) is 30.0 Å². The van der Waals surface area contributed by atoms with Crippen molar-refractivity contribution >= 4 is 34.8 Å². The first kappa shape index (κ1) is 40.9. The van der Waals surface area contributed by atoms with Crippen LogP contribution >= 0.6 is 11.6 Å². The molecule has 0 saturated heterocycles. The zero-order valence-electron chi connectivity index (χ0n) is 29.7. The number of Topliss-reactive ketones (excluding diaryl/α,β-unsaturated/α-hetero) is 1. The highest BCUT2D eigenvalue weighted by atomic mass is 35.5. The van der Waals surface area contributed by atoms with Crippen LogP contribution in [0.2, 0.25) is 5.02 Å². The summed E-state index contributed by atoms with van der Waals surface area (Å²) in [5.41, 5.74) is 20.3. The molecule has 3 N–H and O–H groups in total. The molecular weight excluding hydrogens is 753 g/mol. The van der Waals surface area contributed by atoms with E-state index in [1.165, 1.54) is 24.3 Å². The van der Waals surface area contributed by atoms with E-state index < -0.39 is 30.2 Å². The monoisotopic (exact) mass is 787 g/mol. The van der Waals surface area contributed by atoms with Crippen molar-refractivity contribution < 1.29 is 33.3 Å². The van der Waals surface area contributed by atoms with Crippen molar-refractivity contribution in [2.45, 2.75) is 25.7 Å². The number of benzene rings is 2. The number of carbonyl (C=O) groups excluding carboxylic acids is 2. The highest BCUT2D eigenvalue weighted by Gasteiger charge is 2.32. The number of ketones is 1. The van der Waals surface area contributed by atoms with E-state index in [4.69, 9.17) is 41.9 Å². The molecule has 290 valence electrons. The maximum absolute atomic E-state index is 13.9. The maximum atomic E-state index is 13.9. The number of carbonyl (C=O) groups is 2. The van der Waals surface area contributed by atoms with Gasteiger partial charge in [-0.25, -0.2) is 9.07 Å². The Morgan fingerprint density at radius 2 is 1.82 bits per heavy atom. The van der Waals surface area contributed by atoms with Crippen molar-refractivity contribution in [2.75, 3.05) is 46.2 Å². The first-order valence-electron chi connectivity index (χ1n) is 17.0. The van der Waals surface area contributed by atoms with Crippen LogP contribution in [-0.4, -0.2) is 88.8 Å². The Bertz CT molecular complexity index is 2170. The van der Waals surface area contributed by atoms with E-state index in [2.05, 4.69) is 46.0 Å². The number of aromatic nitrogens is 4. The highest BCUT2D eigenvalue weighted by molar-refractivity contribution is 6.31. The van der Waals surface area contributed by atoms with E-state index in [9.17, 15) is 19.1 Å². The normalized spacial score (nSPS) is 13.6. The minimum Gasteiger partial charge on any atom is -0.388 e. The number of aliphatic hydroxyl groups is 1. The van der Waals surface area contributed by atoms with Crippen LogP contribution in [0.25, 0.3) is 20.9 Å². The summed E-state index contributed by atoms with van der Waals surface area (Å²) in [5.74, 6) is -1.16. The number of pyridine rings is 1. The van der Waals surface area contributed by atoms with Gasteiger partial charge in [0, 0.05) is 61.7 Å². The van der Waals surface area contributed by atoms with Gasteiger partial charge in [-0.1, -0.05) is 33.1 Å². The van der Waals surface area contributed by atoms with Gasteiger partial charge < -0.3 is 30.0 Å². The second-order valence-electron chi connectivity index (χ2n) is 11.8. The van der Waals surface area contributed by atoms with E-state index in [0.29, 0.717) is 53.7 Å². The van der Waals surface area contributed by atoms with Gasteiger partial charge in [-0.15, -0.1) is 5.10 Å². The van der Waals surface area contributed by atoms with Crippen LogP contribution in [0.4, 0.5) is 10.1 Å². The summed E-state index contributed by atoms with van der Waals surface area (Å²) in [5, 5.41) is 31.0. The summed E-state index contributed by atoms with van der Waals surface area (Å²) in [6.45, 7) is 0.881. The Kier molecular flexibility index (Phi) is 15.4. The van der Waals surface area contributed by atoms with Crippen LogP contribution in [-0.2, 0) is 38.7 Å². The smallest absolute Gasteiger partial charge is 0.251 e. The summed E-state index contributed by atoms with van der Waals surface area (Å²) < 4.78 is 32.6. The molecule has 4 aromatic rings. The molecule has 0 aliphatic carbocycles. The number of hydrogen-bond donors (Lipinski definition) is 3. The molecule has 1 amide bonds. The van der Waals surface area contributed by atoms with Crippen molar-refractivity contribution in [1.82, 2.24) is 30.6 Å². The molecule has 1 atom stereocenters. The summed E-state index contributed by atoms with van der Waals surface area (Å²) in [6.07, 6.45) is 4.87. The third-order valence-electron chi connectivity index (χ3n) is 7.95. The lowest BCUT2D eigenvalue weighted by Gasteiger charge is -2.28. The Hall–Kier alpha value is -6.24. The summed E-state index contributed by atoms with van der Waals surface area (Å²) >= 11 is 6.40. The number of amidine groups is 1. The molecule has 5 rings (SSSR count). The van der Waals surface area contributed by atoms with Crippen molar-refractivity contribution in [3.05, 3.63) is 138 Å². The number of aliphatic hydroxyl groups excluding tert-OH is 1. The molecule has 2 aromatic heterocycles. The lowest BCUT2D eigenvalue weighted by atomic mass is 9.92. The Balaban J connectivity index is 1.06. The van der Waals surface area contributed by atoms with Gasteiger partial charge in [0.15, 0.2) is 5.78 Å². The number of nitrogens with one attached hydrogen (secondary N) is 2. The molecule has 1 aliphatic rings. The van der Waals surface area contributed by atoms with Gasteiger partial charge in [0.2, 0.25) is 0 Å². The summed E-state index contributed by atoms with van der Waals surface area (Å²) in [6, 6.07) is 10.8. The number of ether oxygens (including phenoxy) is 3. The average molecular weight is 788 g/mol. The maximum Gasteiger partial charge on any atom is 0.251 e. The van der Waals surface area contributed by atoms with Crippen LogP contribution in [0.1, 0.15) is 38.8 Å². The average Bonchev–Trinajstić information content (AvgIpc) is 3.66. The van der Waals surface area contributed by atoms with Crippen LogP contribution in [0.3, 0.4) is 0 Å². The van der Waals surface area contributed by atoms with Crippen molar-refractivity contribution in [2.24, 2.45) is 15.2 Å². The number of amides is 1. The van der Waals surface area contributed by atoms with E-state index in [0.717, 1.165) is 6.07 Å². The van der Waals surface area contributed by atoms with E-state index in [-0.39, 0.29) is 61.4 Å². The second kappa shape index (κ2) is 21.0. The fraction of sp³-hybridized carbons (Fsp3) is 0.314. The molecule has 0 fully saturated rings. The number of aliphatic imine (C=N–C) groups is 1. The van der Waals surface area contributed by atoms with Crippen LogP contribution < -0.4 is 10.6 Å². The van der Waals surface area contributed by atoms with Crippen LogP contribution in [0, 0.1) is 5.82 Å². The fourth-order valence-corrected chi connectivity index (χ4v) is 5.71. The van der Waals surface area contributed by atoms with E-state index >= 15 is 0 Å². The lowest BCUT2D eigenvalue weighted by molar-refractivity contribution is -0.118. The molecule has 0 bridgehead atoms. The topological polar surface area (TPSA) is 260 Å². The fourth-order valence-electron chi connectivity index (χ4n) is 5.44. The molecule has 56 heavy (non-hydrogen) atoms. The Morgan fingerprint density at radius 3 is 2.57 bits per heavy atom. The first-order valence-corrected chi connectivity index (χ1v) is 17.3. The molecular formula is C35H35ClFN13O6. The molecule has 0 spiro atoms. The third-order valence-corrected chi connectivity index (χ3v) is 8.28. The number of azide groups is 2. The minimum absolute atomic E-state index is 0.000275. The van der Waals surface area contributed by atoms with Crippen molar-refractivity contribution in [3.63, 3.8) is 0 Å². The first-order chi connectivity index (χ1) is 27.3. The quantitative estimate of drug-likeness (QED) is 0.0449. The predicted octanol–water partition coefficient (Wildman–Crippen LogP) is 4.80. The lowest BCUT2D eigenvalue weighted by Crippen LogP contribution is -2.36. The van der Waals surface area contributed by atoms with Gasteiger partial charge in [-0.3, -0.25) is 19.6 Å². The van der Waals surface area contributed by atoms with E-state index in [1.54, 1.807) is 41.5 Å². The number of hydrogen-bond acceptors (Lipinski definition) is 13. The molecule has 19 nitrogen and oxygen atoms in total. The molecule has 0 saturated carbocycles. The second-order valence-corrected chi connectivity index (χ2v) is 12.2. The highest BCUT2D eigenvalue weighted by Crippen LogP contribution is 2.36. The van der Waals surface area contributed by atoms with E-state index in [1.807, 2.05) is 0 Å². The Labute approximate surface area is 323 Å². The summed E-state index contributed by atoms with van der Waals surface area (Å²) in [4.78, 5) is 39.8. The molecule has 21 heteroatoms. The van der Waals surface area contributed by atoms with Crippen LogP contribution in [0.5, 0.6) is 0 Å². The number of halogens is 2. The van der Waals surface area contributed by atoms with Crippen molar-refractivity contribution in [3.8, 4) is 0 Å². The molecule has 1 unspecified atom stereocenters. The van der Waals surface area contributed by atoms with Gasteiger partial charge >= 0.3 is 0 Å². The van der Waals surface area contributed by atoms with Gasteiger partial charge in [0.05, 0.1) is 64.6 Å². The van der Waals surface area contributed by atoms with Gasteiger partial charge in [-0.2, -0.15) is 0 Å². The third kappa shape index (κ3) is 11.6. The zero-order valence-corrected chi connectivity index (χ0v) is 30.4. The number of nitrogens with zero attached hydrogens (tertiary/aromatic N) is 11. The SMILES string of the molecule is [N-]=[N+]=NCc1cc(N=[N+]=[N-])cc(C(=O)NCCOCCOCCn2cc(COCC3=C(C(=O)CO)C(c4ccc(F)cc4Cl)N=C(c4ccncc4)N3)nn2)c1. The zero-order chi connectivity index (χ0) is 39.7. The molecule has 0 radical (unpaired) electrons. The predicted molar refractivity (Wildman–Crippen MR) is 199 cm³/mol. The largest absolute Gasteiger partial charge is 0.388 e. The number of rotatable bonds is 21. The molecule has 1 aliphatic heterocycles. The minimum atomic E-state index is -0.953. The van der Waals surface area contributed by atoms with Crippen molar-refractivity contribution in [1.29, 1.82) is 0 Å². The molecule has 2 aromatic carbocycles. The van der Waals surface area contributed by atoms with Gasteiger partial charge in [0.25, 0.3) is 5.91 Å². The molecule has 3 heterocycles. The van der Waals surface area contributed by atoms with Crippen LogP contribution in [0.15, 0.2) is 93.6 Å². The summed E-state index contributed by atoms with van der Waals surface area (Å²) in [7, 11) is 0. The Morgan fingerprint density at radius 1 is 1.02 bits per heavy atom. The van der Waals surface area contributed by atoms with Gasteiger partial charge in [-0.05, 0) is 59.1 Å².